The molecule has 0 saturated heterocycles. The first-order valence-corrected chi connectivity index (χ1v) is 6.82. The molecule has 1 N–H and O–H groups in total. The van der Waals surface area contributed by atoms with Crippen LogP contribution in [-0.2, 0) is 0 Å². The van der Waals surface area contributed by atoms with E-state index in [1.54, 1.807) is 23.1 Å². The molecule has 1 unspecified atom stereocenters. The summed E-state index contributed by atoms with van der Waals surface area (Å²) in [5.74, 6) is 0.712. The fraction of sp³-hybridized carbons (Fsp3) is 0.545. The number of hydrogen-bond donors (Lipinski definition) is 1. The normalized spacial score (nSPS) is 12.7. The molecule has 0 aliphatic heterocycles. The number of thiophene rings is 1. The Morgan fingerprint density at radius 2 is 2.33 bits per heavy atom. The van der Waals surface area contributed by atoms with Crippen molar-refractivity contribution in [1.29, 1.82) is 0 Å². The first-order valence-electron chi connectivity index (χ1n) is 4.95. The zero-order valence-corrected chi connectivity index (χ0v) is 10.7. The lowest BCUT2D eigenvalue weighted by Gasteiger charge is -2.07. The molecule has 0 bridgehead atoms. The van der Waals surface area contributed by atoms with Crippen molar-refractivity contribution in [1.82, 2.24) is 0 Å². The average Bonchev–Trinajstić information content (AvgIpc) is 2.62. The van der Waals surface area contributed by atoms with Crippen LogP contribution in [0.2, 0.25) is 0 Å². The highest BCUT2D eigenvalue weighted by Crippen LogP contribution is 2.20. The molecule has 1 rings (SSSR count). The number of rotatable bonds is 6. The molecule has 15 heavy (non-hydrogen) atoms. The fourth-order valence-corrected chi connectivity index (χ4v) is 2.90. The second-order valence-corrected chi connectivity index (χ2v) is 6.18. The molecule has 0 saturated carbocycles. The van der Waals surface area contributed by atoms with Gasteiger partial charge in [0.15, 0.2) is 5.78 Å². The van der Waals surface area contributed by atoms with Gasteiger partial charge in [-0.15, -0.1) is 11.3 Å². The van der Waals surface area contributed by atoms with Crippen LogP contribution in [0.5, 0.6) is 0 Å². The molecule has 1 aromatic heterocycles. The first-order chi connectivity index (χ1) is 7.13. The number of aryl methyl sites for hydroxylation is 1. The highest BCUT2D eigenvalue weighted by Gasteiger charge is 2.10. The maximum atomic E-state index is 11.7. The van der Waals surface area contributed by atoms with Gasteiger partial charge in [0.2, 0.25) is 0 Å². The van der Waals surface area contributed by atoms with Crippen LogP contribution in [-0.4, -0.2) is 28.5 Å². The Kier molecular flexibility index (Phi) is 5.36. The minimum atomic E-state index is 0.195. The molecule has 0 aromatic carbocycles. The number of hydrogen-bond acceptors (Lipinski definition) is 4. The van der Waals surface area contributed by atoms with E-state index in [9.17, 15) is 4.79 Å². The summed E-state index contributed by atoms with van der Waals surface area (Å²) < 4.78 is 0. The van der Waals surface area contributed by atoms with Crippen molar-refractivity contribution in [2.24, 2.45) is 0 Å². The minimum absolute atomic E-state index is 0.195. The Hall–Kier alpha value is -0.320. The number of thioether (sulfide) groups is 1. The van der Waals surface area contributed by atoms with Gasteiger partial charge in [-0.1, -0.05) is 6.92 Å². The number of Topliss-reactive ketones (excluding diaryl/α,β-unsaturated/α-hetero) is 1. The molecule has 0 fully saturated rings. The number of aliphatic hydroxyl groups excluding tert-OH is 1. The lowest BCUT2D eigenvalue weighted by atomic mass is 10.3. The number of carbonyl (C=O) groups is 1. The Bertz CT molecular complexity index is 320. The van der Waals surface area contributed by atoms with E-state index in [2.05, 4.69) is 0 Å². The van der Waals surface area contributed by atoms with Crippen LogP contribution < -0.4 is 0 Å². The summed E-state index contributed by atoms with van der Waals surface area (Å²) in [6, 6.07) is 3.86. The molecule has 0 spiro atoms. The van der Waals surface area contributed by atoms with Crippen molar-refractivity contribution in [2.75, 3.05) is 12.4 Å². The molecular weight excluding hydrogens is 228 g/mol. The van der Waals surface area contributed by atoms with E-state index in [0.717, 1.165) is 11.3 Å². The molecule has 2 nitrogen and oxygen atoms in total. The Labute approximate surface area is 98.7 Å². The van der Waals surface area contributed by atoms with E-state index < -0.39 is 0 Å². The number of ketones is 1. The first kappa shape index (κ1) is 12.7. The molecule has 0 aliphatic carbocycles. The van der Waals surface area contributed by atoms with Crippen LogP contribution in [0.3, 0.4) is 0 Å². The number of carbonyl (C=O) groups excluding carboxylic acids is 1. The molecule has 1 heterocycles. The quantitative estimate of drug-likeness (QED) is 0.782. The van der Waals surface area contributed by atoms with Gasteiger partial charge in [0, 0.05) is 16.7 Å². The minimum Gasteiger partial charge on any atom is -0.396 e. The van der Waals surface area contributed by atoms with Gasteiger partial charge in [-0.25, -0.2) is 0 Å². The van der Waals surface area contributed by atoms with Crippen molar-refractivity contribution in [2.45, 2.75) is 25.5 Å². The van der Waals surface area contributed by atoms with Gasteiger partial charge in [-0.05, 0) is 25.5 Å². The summed E-state index contributed by atoms with van der Waals surface area (Å²) in [4.78, 5) is 13.7. The fourth-order valence-electron chi connectivity index (χ4n) is 1.14. The van der Waals surface area contributed by atoms with Crippen molar-refractivity contribution in [3.63, 3.8) is 0 Å². The summed E-state index contributed by atoms with van der Waals surface area (Å²) >= 11 is 3.16. The van der Waals surface area contributed by atoms with Gasteiger partial charge in [-0.3, -0.25) is 4.79 Å². The standard InChI is InChI=1S/C11H16O2S2/c1-8(5-6-12)14-7-10(13)11-4-3-9(2)15-11/h3-4,8,12H,5-7H2,1-2H3. The molecule has 0 aliphatic rings. The second kappa shape index (κ2) is 6.30. The van der Waals surface area contributed by atoms with Crippen LogP contribution in [0.1, 0.15) is 27.9 Å². The monoisotopic (exact) mass is 244 g/mol. The zero-order valence-electron chi connectivity index (χ0n) is 9.03. The molecule has 84 valence electrons. The molecule has 0 amide bonds. The summed E-state index contributed by atoms with van der Waals surface area (Å²) in [5, 5.41) is 9.07. The topological polar surface area (TPSA) is 37.3 Å². The lowest BCUT2D eigenvalue weighted by Crippen LogP contribution is -2.06. The van der Waals surface area contributed by atoms with Crippen LogP contribution in [0.15, 0.2) is 12.1 Å². The van der Waals surface area contributed by atoms with Gasteiger partial charge < -0.3 is 5.11 Å². The zero-order chi connectivity index (χ0) is 11.3. The number of aliphatic hydroxyl groups is 1. The van der Waals surface area contributed by atoms with Crippen LogP contribution in [0.25, 0.3) is 0 Å². The Balaban J connectivity index is 2.36. The van der Waals surface area contributed by atoms with E-state index in [1.807, 2.05) is 26.0 Å². The predicted octanol–water partition coefficient (Wildman–Crippen LogP) is 2.74. The summed E-state index contributed by atoms with van der Waals surface area (Å²) in [6.07, 6.45) is 0.751. The van der Waals surface area contributed by atoms with Gasteiger partial charge in [-0.2, -0.15) is 11.8 Å². The summed E-state index contributed by atoms with van der Waals surface area (Å²) in [6.45, 7) is 4.23. The van der Waals surface area contributed by atoms with Gasteiger partial charge in [0.05, 0.1) is 10.6 Å². The molecular formula is C11H16O2S2. The summed E-state index contributed by atoms with van der Waals surface area (Å²) in [7, 11) is 0. The van der Waals surface area contributed by atoms with Crippen molar-refractivity contribution >= 4 is 28.9 Å². The van der Waals surface area contributed by atoms with E-state index in [0.29, 0.717) is 11.0 Å². The predicted molar refractivity (Wildman–Crippen MR) is 67.0 cm³/mol. The third kappa shape index (κ3) is 4.36. The van der Waals surface area contributed by atoms with E-state index in [1.165, 1.54) is 4.88 Å². The largest absolute Gasteiger partial charge is 0.396 e. The van der Waals surface area contributed by atoms with E-state index >= 15 is 0 Å². The third-order valence-electron chi connectivity index (χ3n) is 2.05. The highest BCUT2D eigenvalue weighted by atomic mass is 32.2. The van der Waals surface area contributed by atoms with Crippen molar-refractivity contribution in [3.8, 4) is 0 Å². The highest BCUT2D eigenvalue weighted by molar-refractivity contribution is 8.00. The van der Waals surface area contributed by atoms with Gasteiger partial charge in [0.25, 0.3) is 0 Å². The molecule has 4 heteroatoms. The third-order valence-corrected chi connectivity index (χ3v) is 4.33. The average molecular weight is 244 g/mol. The van der Waals surface area contributed by atoms with Crippen molar-refractivity contribution in [3.05, 3.63) is 21.9 Å². The molecule has 1 aromatic rings. The van der Waals surface area contributed by atoms with Crippen molar-refractivity contribution < 1.29 is 9.90 Å². The van der Waals surface area contributed by atoms with Crippen LogP contribution in [0, 0.1) is 6.92 Å². The molecule has 1 atom stereocenters. The smallest absolute Gasteiger partial charge is 0.182 e. The molecule has 0 radical (unpaired) electrons. The van der Waals surface area contributed by atoms with Gasteiger partial charge in [0.1, 0.15) is 0 Å². The Morgan fingerprint density at radius 1 is 1.60 bits per heavy atom. The maximum Gasteiger partial charge on any atom is 0.182 e. The van der Waals surface area contributed by atoms with Crippen LogP contribution >= 0.6 is 23.1 Å². The second-order valence-electron chi connectivity index (χ2n) is 3.47. The van der Waals surface area contributed by atoms with Gasteiger partial charge >= 0.3 is 0 Å². The lowest BCUT2D eigenvalue weighted by molar-refractivity contribution is 0.102. The SMILES string of the molecule is Cc1ccc(C(=O)CSC(C)CCO)s1. The van der Waals surface area contributed by atoms with E-state index in [-0.39, 0.29) is 12.4 Å². The Morgan fingerprint density at radius 3 is 2.87 bits per heavy atom. The maximum absolute atomic E-state index is 11.7. The van der Waals surface area contributed by atoms with E-state index in [4.69, 9.17) is 5.11 Å². The van der Waals surface area contributed by atoms with Crippen LogP contribution in [0.4, 0.5) is 0 Å². The summed E-state index contributed by atoms with van der Waals surface area (Å²) in [5.41, 5.74) is 0.